The number of hydrogen-bond donors (Lipinski definition) is 1. The Morgan fingerprint density at radius 3 is 2.40 bits per heavy atom. The Kier molecular flexibility index (Phi) is 5.71. The third-order valence-corrected chi connectivity index (χ3v) is 4.65. The predicted octanol–water partition coefficient (Wildman–Crippen LogP) is 3.89. The summed E-state index contributed by atoms with van der Waals surface area (Å²) in [7, 11) is 1.35. The highest BCUT2D eigenvalue weighted by molar-refractivity contribution is 5.99. The lowest BCUT2D eigenvalue weighted by Crippen LogP contribution is -2.31. The largest absolute Gasteiger partial charge is 0.419 e. The predicted molar refractivity (Wildman–Crippen MR) is 100.0 cm³/mol. The second-order valence-corrected chi connectivity index (χ2v) is 6.90. The number of nitrogens with zero attached hydrogens (tertiary/aromatic N) is 2. The third-order valence-electron chi connectivity index (χ3n) is 4.65. The van der Waals surface area contributed by atoms with Crippen molar-refractivity contribution in [3.8, 4) is 5.75 Å². The maximum atomic E-state index is 13.3. The molecule has 30 heavy (non-hydrogen) atoms. The van der Waals surface area contributed by atoms with Gasteiger partial charge in [0.2, 0.25) is 5.91 Å². The van der Waals surface area contributed by atoms with Gasteiger partial charge in [0, 0.05) is 12.7 Å². The van der Waals surface area contributed by atoms with E-state index < -0.39 is 35.7 Å². The third kappa shape index (κ3) is 4.38. The summed E-state index contributed by atoms with van der Waals surface area (Å²) in [5.41, 5.74) is -1.00. The average Bonchev–Trinajstić information content (AvgIpc) is 3.00. The summed E-state index contributed by atoms with van der Waals surface area (Å²) in [4.78, 5) is 26.8. The van der Waals surface area contributed by atoms with Crippen LogP contribution in [0, 0.1) is 12.7 Å². The first-order valence-electron chi connectivity index (χ1n) is 8.88. The molecule has 160 valence electrons. The highest BCUT2D eigenvalue weighted by Crippen LogP contribution is 2.41. The number of β-amino-alcohol motifs (C(OH)–C–C–N with tert-alkyl or cyclic N) is 1. The lowest BCUT2D eigenvalue weighted by molar-refractivity contribution is -0.137. The molecule has 0 saturated carbocycles. The normalized spacial score (nSPS) is 16.7. The number of alkyl halides is 3. The minimum Gasteiger partial charge on any atom is -0.407 e. The molecule has 0 unspecified atom stereocenters. The second kappa shape index (κ2) is 7.94. The summed E-state index contributed by atoms with van der Waals surface area (Å²) >= 11 is 0. The number of halogens is 4. The molecule has 0 bridgehead atoms. The zero-order valence-corrected chi connectivity index (χ0v) is 16.0. The fraction of sp³-hybridized carbons (Fsp3) is 0.300. The number of benzene rings is 2. The molecule has 2 aromatic carbocycles. The van der Waals surface area contributed by atoms with Crippen molar-refractivity contribution in [2.75, 3.05) is 23.4 Å². The van der Waals surface area contributed by atoms with Crippen LogP contribution in [0.2, 0.25) is 0 Å². The number of ether oxygens (including phenoxy) is 1. The number of amides is 2. The van der Waals surface area contributed by atoms with Crippen molar-refractivity contribution in [3.05, 3.63) is 53.3 Å². The monoisotopic (exact) mass is 426 g/mol. The molecule has 2 aromatic rings. The molecule has 0 aromatic heterocycles. The fourth-order valence-electron chi connectivity index (χ4n) is 3.10. The van der Waals surface area contributed by atoms with Crippen LogP contribution < -0.4 is 14.5 Å². The van der Waals surface area contributed by atoms with Crippen LogP contribution in [0.15, 0.2) is 36.4 Å². The first-order chi connectivity index (χ1) is 14.0. The van der Waals surface area contributed by atoms with Gasteiger partial charge in [0.05, 0.1) is 30.3 Å². The summed E-state index contributed by atoms with van der Waals surface area (Å²) < 4.78 is 58.3. The molecular formula is C20H18F4N2O4. The molecule has 1 atom stereocenters. The number of aliphatic hydroxyl groups excluding tert-OH is 1. The first kappa shape index (κ1) is 21.6. The van der Waals surface area contributed by atoms with Gasteiger partial charge < -0.3 is 14.7 Å². The Balaban J connectivity index is 1.99. The van der Waals surface area contributed by atoms with E-state index in [9.17, 15) is 32.3 Å². The Bertz CT molecular complexity index is 976. The molecular weight excluding hydrogens is 408 g/mol. The molecule has 1 aliphatic heterocycles. The van der Waals surface area contributed by atoms with Gasteiger partial charge in [0.15, 0.2) is 5.75 Å². The van der Waals surface area contributed by atoms with Crippen LogP contribution in [0.25, 0.3) is 0 Å². The van der Waals surface area contributed by atoms with Crippen LogP contribution in [0.4, 0.5) is 33.7 Å². The molecule has 1 fully saturated rings. The summed E-state index contributed by atoms with van der Waals surface area (Å²) in [6.45, 7) is 1.09. The molecule has 1 heterocycles. The number of rotatable bonds is 3. The summed E-state index contributed by atoms with van der Waals surface area (Å²) in [5, 5.41) is 9.73. The van der Waals surface area contributed by atoms with Crippen molar-refractivity contribution in [2.45, 2.75) is 25.6 Å². The summed E-state index contributed by atoms with van der Waals surface area (Å²) in [6, 6.07) is 6.45. The number of hydrogen-bond acceptors (Lipinski definition) is 4. The first-order valence-corrected chi connectivity index (χ1v) is 8.88. The maximum absolute atomic E-state index is 13.3. The summed E-state index contributed by atoms with van der Waals surface area (Å²) in [6.07, 6.45) is -6.93. The van der Waals surface area contributed by atoms with Crippen molar-refractivity contribution in [1.82, 2.24) is 0 Å². The zero-order chi connectivity index (χ0) is 22.2. The fourth-order valence-corrected chi connectivity index (χ4v) is 3.10. The molecule has 1 aliphatic rings. The van der Waals surface area contributed by atoms with Crippen LogP contribution in [-0.2, 0) is 11.0 Å². The Labute approximate surface area is 169 Å². The number of anilines is 2. The van der Waals surface area contributed by atoms with Crippen LogP contribution in [-0.4, -0.2) is 36.8 Å². The standard InChI is InChI=1S/C20H18F4N2O4/c1-11-7-12(20(22,23)24)8-16(26-10-15(27)9-17(26)28)18(11)30-19(29)25(2)14-5-3-13(21)4-6-14/h3-8,15,27H,9-10H2,1-2H3/t15-/m1/s1. The second-order valence-electron chi connectivity index (χ2n) is 6.90. The van der Waals surface area contributed by atoms with E-state index in [0.29, 0.717) is 11.8 Å². The van der Waals surface area contributed by atoms with Gasteiger partial charge in [-0.2, -0.15) is 13.2 Å². The van der Waals surface area contributed by atoms with Gasteiger partial charge in [-0.15, -0.1) is 0 Å². The lowest BCUT2D eigenvalue weighted by Gasteiger charge is -2.24. The van der Waals surface area contributed by atoms with Crippen LogP contribution in [0.3, 0.4) is 0 Å². The van der Waals surface area contributed by atoms with E-state index in [1.54, 1.807) is 0 Å². The number of aliphatic hydroxyl groups is 1. The van der Waals surface area contributed by atoms with E-state index in [0.717, 1.165) is 28.0 Å². The minimum atomic E-state index is -4.69. The smallest absolute Gasteiger partial charge is 0.407 e. The Hall–Kier alpha value is -3.14. The quantitative estimate of drug-likeness (QED) is 0.757. The average molecular weight is 426 g/mol. The van der Waals surface area contributed by atoms with E-state index in [4.69, 9.17) is 4.74 Å². The zero-order valence-electron chi connectivity index (χ0n) is 16.0. The van der Waals surface area contributed by atoms with Gasteiger partial charge in [-0.1, -0.05) is 0 Å². The Morgan fingerprint density at radius 2 is 1.87 bits per heavy atom. The van der Waals surface area contributed by atoms with Crippen molar-refractivity contribution in [2.24, 2.45) is 0 Å². The van der Waals surface area contributed by atoms with E-state index in [-0.39, 0.29) is 30.0 Å². The SMILES string of the molecule is Cc1cc(C(F)(F)F)cc(N2C[C@H](O)CC2=O)c1OC(=O)N(C)c1ccc(F)cc1. The van der Waals surface area contributed by atoms with E-state index in [2.05, 4.69) is 0 Å². The summed E-state index contributed by atoms with van der Waals surface area (Å²) in [5.74, 6) is -1.33. The molecule has 3 rings (SSSR count). The van der Waals surface area contributed by atoms with Gasteiger partial charge in [0.1, 0.15) is 5.82 Å². The molecule has 6 nitrogen and oxygen atoms in total. The maximum Gasteiger partial charge on any atom is 0.419 e. The van der Waals surface area contributed by atoms with Gasteiger partial charge in [-0.25, -0.2) is 9.18 Å². The van der Waals surface area contributed by atoms with Gasteiger partial charge >= 0.3 is 12.3 Å². The number of carbonyl (C=O) groups is 2. The van der Waals surface area contributed by atoms with Crippen molar-refractivity contribution >= 4 is 23.4 Å². The molecule has 1 saturated heterocycles. The van der Waals surface area contributed by atoms with Gasteiger partial charge in [0.25, 0.3) is 0 Å². The lowest BCUT2D eigenvalue weighted by atomic mass is 10.1. The van der Waals surface area contributed by atoms with E-state index >= 15 is 0 Å². The number of aryl methyl sites for hydroxylation is 1. The van der Waals surface area contributed by atoms with E-state index in [1.807, 2.05) is 0 Å². The molecule has 1 N–H and O–H groups in total. The van der Waals surface area contributed by atoms with Crippen molar-refractivity contribution < 1.29 is 37.0 Å². The highest BCUT2D eigenvalue weighted by Gasteiger charge is 2.37. The molecule has 0 spiro atoms. The van der Waals surface area contributed by atoms with Crippen molar-refractivity contribution in [3.63, 3.8) is 0 Å². The van der Waals surface area contributed by atoms with Crippen molar-refractivity contribution in [1.29, 1.82) is 0 Å². The van der Waals surface area contributed by atoms with Crippen LogP contribution >= 0.6 is 0 Å². The molecule has 10 heteroatoms. The van der Waals surface area contributed by atoms with Crippen LogP contribution in [0.5, 0.6) is 5.75 Å². The minimum absolute atomic E-state index is 0.0186. The number of carbonyl (C=O) groups excluding carboxylic acids is 2. The van der Waals surface area contributed by atoms with E-state index in [1.165, 1.54) is 26.1 Å². The molecule has 2 amide bonds. The Morgan fingerprint density at radius 1 is 1.23 bits per heavy atom. The van der Waals surface area contributed by atoms with Crippen LogP contribution in [0.1, 0.15) is 17.5 Å². The van der Waals surface area contributed by atoms with Gasteiger partial charge in [-0.3, -0.25) is 9.69 Å². The topological polar surface area (TPSA) is 70.1 Å². The molecule has 0 aliphatic carbocycles. The van der Waals surface area contributed by atoms with Gasteiger partial charge in [-0.05, 0) is 48.9 Å². The highest BCUT2D eigenvalue weighted by atomic mass is 19.4. The molecule has 0 radical (unpaired) electrons.